The number of fused-ring (bicyclic) bond motifs is 1. The number of amides is 1. The number of terminal acetylenes is 1. The summed E-state index contributed by atoms with van der Waals surface area (Å²) in [5, 5.41) is 9.68. The van der Waals surface area contributed by atoms with Crippen LogP contribution in [-0.4, -0.2) is 37.9 Å². The predicted octanol–water partition coefficient (Wildman–Crippen LogP) is 3.00. The molecule has 0 aliphatic heterocycles. The van der Waals surface area contributed by atoms with E-state index in [1.807, 2.05) is 24.3 Å². The Balaban J connectivity index is 1.50. The van der Waals surface area contributed by atoms with Gasteiger partial charge in [0.1, 0.15) is 17.4 Å². The molecule has 1 aliphatic rings. The van der Waals surface area contributed by atoms with E-state index in [1.54, 1.807) is 13.1 Å². The van der Waals surface area contributed by atoms with E-state index in [-0.39, 0.29) is 18.0 Å². The number of anilines is 3. The number of hydrogen-bond donors (Lipinski definition) is 3. The van der Waals surface area contributed by atoms with E-state index >= 15 is 0 Å². The highest BCUT2D eigenvalue weighted by Crippen LogP contribution is 2.24. The van der Waals surface area contributed by atoms with Gasteiger partial charge in [0.25, 0.3) is 0 Å². The van der Waals surface area contributed by atoms with Crippen LogP contribution >= 0.6 is 0 Å². The number of nitrogens with zero attached hydrogens (tertiary/aromatic N) is 4. The van der Waals surface area contributed by atoms with Gasteiger partial charge in [-0.1, -0.05) is 12.0 Å². The summed E-state index contributed by atoms with van der Waals surface area (Å²) in [6.45, 7) is 1.56. The minimum Gasteiger partial charge on any atom is -0.354 e. The Hall–Kier alpha value is -3.73. The molecule has 8 heteroatoms. The Kier molecular flexibility index (Phi) is 5.70. The molecule has 0 saturated heterocycles. The SMILES string of the molecule is C#Cc1cccc(Nc2ncnc3cnc(N[C@H]4CC[C@H](NC(C)=O)CC4)nc23)c1. The van der Waals surface area contributed by atoms with Crippen LogP contribution in [0, 0.1) is 12.3 Å². The van der Waals surface area contributed by atoms with Crippen LogP contribution in [0.1, 0.15) is 38.2 Å². The van der Waals surface area contributed by atoms with Gasteiger partial charge < -0.3 is 16.0 Å². The van der Waals surface area contributed by atoms with E-state index in [4.69, 9.17) is 6.42 Å². The van der Waals surface area contributed by atoms with Crippen LogP contribution in [0.3, 0.4) is 0 Å². The van der Waals surface area contributed by atoms with Gasteiger partial charge in [-0.2, -0.15) is 0 Å². The summed E-state index contributed by atoms with van der Waals surface area (Å²) >= 11 is 0. The van der Waals surface area contributed by atoms with Gasteiger partial charge in [-0.3, -0.25) is 4.79 Å². The molecule has 0 radical (unpaired) electrons. The van der Waals surface area contributed by atoms with Crippen LogP contribution in [0.15, 0.2) is 36.8 Å². The first kappa shape index (κ1) is 19.6. The summed E-state index contributed by atoms with van der Waals surface area (Å²) in [5.41, 5.74) is 2.90. The van der Waals surface area contributed by atoms with E-state index in [2.05, 4.69) is 41.8 Å². The molecule has 0 bridgehead atoms. The molecule has 8 nitrogen and oxygen atoms in total. The fraction of sp³-hybridized carbons (Fsp3) is 0.318. The summed E-state index contributed by atoms with van der Waals surface area (Å²) in [5.74, 6) is 3.79. The van der Waals surface area contributed by atoms with Crippen molar-refractivity contribution in [2.75, 3.05) is 10.6 Å². The summed E-state index contributed by atoms with van der Waals surface area (Å²) in [6, 6.07) is 8.07. The van der Waals surface area contributed by atoms with E-state index < -0.39 is 0 Å². The number of carbonyl (C=O) groups excluding carboxylic acids is 1. The monoisotopic (exact) mass is 401 g/mol. The van der Waals surface area contributed by atoms with E-state index in [0.29, 0.717) is 22.8 Å². The van der Waals surface area contributed by atoms with Crippen LogP contribution in [0.4, 0.5) is 17.5 Å². The molecule has 2 aromatic heterocycles. The van der Waals surface area contributed by atoms with Crippen LogP contribution in [0.5, 0.6) is 0 Å². The first-order chi connectivity index (χ1) is 14.6. The number of nitrogens with one attached hydrogen (secondary N) is 3. The van der Waals surface area contributed by atoms with Gasteiger partial charge in [0.2, 0.25) is 11.9 Å². The first-order valence-corrected chi connectivity index (χ1v) is 9.96. The third kappa shape index (κ3) is 4.63. The molecule has 1 aliphatic carbocycles. The van der Waals surface area contributed by atoms with Gasteiger partial charge in [0, 0.05) is 30.3 Å². The molecule has 1 saturated carbocycles. The molecule has 0 atom stereocenters. The molecule has 2 heterocycles. The topological polar surface area (TPSA) is 105 Å². The second-order valence-electron chi connectivity index (χ2n) is 7.39. The zero-order valence-corrected chi connectivity index (χ0v) is 16.7. The standard InChI is InChI=1S/C22H23N7O/c1-3-15-5-4-6-18(11-15)27-21-20-19(24-13-25-21)12-23-22(29-20)28-17-9-7-16(8-10-17)26-14(2)30/h1,4-6,11-13,16-17H,7-10H2,2H3,(H,26,30)(H,23,28,29)(H,24,25,27)/t16-,17-. The second kappa shape index (κ2) is 8.74. The fourth-order valence-electron chi connectivity index (χ4n) is 3.69. The van der Waals surface area contributed by atoms with Crippen LogP contribution in [0.2, 0.25) is 0 Å². The molecule has 3 aromatic rings. The second-order valence-corrected chi connectivity index (χ2v) is 7.39. The third-order valence-electron chi connectivity index (χ3n) is 5.14. The molecular weight excluding hydrogens is 378 g/mol. The highest BCUT2D eigenvalue weighted by molar-refractivity contribution is 5.87. The summed E-state index contributed by atoms with van der Waals surface area (Å²) in [4.78, 5) is 28.9. The Bertz CT molecular complexity index is 1100. The lowest BCUT2D eigenvalue weighted by Crippen LogP contribution is -2.39. The fourth-order valence-corrected chi connectivity index (χ4v) is 3.69. The van der Waals surface area contributed by atoms with Gasteiger partial charge in [-0.15, -0.1) is 6.42 Å². The summed E-state index contributed by atoms with van der Waals surface area (Å²) < 4.78 is 0. The summed E-state index contributed by atoms with van der Waals surface area (Å²) in [7, 11) is 0. The average molecular weight is 401 g/mol. The maximum atomic E-state index is 11.2. The Labute approximate surface area is 175 Å². The molecular formula is C22H23N7O. The van der Waals surface area contributed by atoms with Crippen molar-refractivity contribution in [3.63, 3.8) is 0 Å². The van der Waals surface area contributed by atoms with Crippen molar-refractivity contribution >= 4 is 34.4 Å². The van der Waals surface area contributed by atoms with Gasteiger partial charge in [-0.05, 0) is 43.9 Å². The minimum atomic E-state index is 0.0251. The molecule has 0 unspecified atom stereocenters. The maximum Gasteiger partial charge on any atom is 0.223 e. The third-order valence-corrected chi connectivity index (χ3v) is 5.14. The average Bonchev–Trinajstić information content (AvgIpc) is 2.75. The maximum absolute atomic E-state index is 11.2. The first-order valence-electron chi connectivity index (χ1n) is 9.96. The molecule has 0 spiro atoms. The number of aromatic nitrogens is 4. The van der Waals surface area contributed by atoms with Gasteiger partial charge in [0.15, 0.2) is 5.82 Å². The largest absolute Gasteiger partial charge is 0.354 e. The molecule has 4 rings (SSSR count). The molecule has 1 amide bonds. The molecule has 1 fully saturated rings. The molecule has 1 aromatic carbocycles. The zero-order chi connectivity index (χ0) is 20.9. The van der Waals surface area contributed by atoms with Crippen LogP contribution < -0.4 is 16.0 Å². The Morgan fingerprint density at radius 3 is 2.70 bits per heavy atom. The lowest BCUT2D eigenvalue weighted by molar-refractivity contribution is -0.119. The minimum absolute atomic E-state index is 0.0251. The lowest BCUT2D eigenvalue weighted by atomic mass is 9.91. The predicted molar refractivity (Wildman–Crippen MR) is 116 cm³/mol. The van der Waals surface area contributed by atoms with Crippen LogP contribution in [0.25, 0.3) is 11.0 Å². The zero-order valence-electron chi connectivity index (χ0n) is 16.7. The van der Waals surface area contributed by atoms with Gasteiger partial charge in [0.05, 0.1) is 6.20 Å². The molecule has 3 N–H and O–H groups in total. The molecule has 152 valence electrons. The highest BCUT2D eigenvalue weighted by atomic mass is 16.1. The van der Waals surface area contributed by atoms with E-state index in [1.165, 1.54) is 6.33 Å². The number of hydrogen-bond acceptors (Lipinski definition) is 7. The van der Waals surface area contributed by atoms with Crippen LogP contribution in [-0.2, 0) is 4.79 Å². The summed E-state index contributed by atoms with van der Waals surface area (Å²) in [6.07, 6.45) is 12.4. The van der Waals surface area contributed by atoms with Crippen molar-refractivity contribution in [3.8, 4) is 12.3 Å². The number of benzene rings is 1. The Morgan fingerprint density at radius 2 is 1.93 bits per heavy atom. The smallest absolute Gasteiger partial charge is 0.223 e. The van der Waals surface area contributed by atoms with Crippen molar-refractivity contribution in [3.05, 3.63) is 42.4 Å². The number of rotatable bonds is 5. The van der Waals surface area contributed by atoms with Gasteiger partial charge in [-0.25, -0.2) is 19.9 Å². The highest BCUT2D eigenvalue weighted by Gasteiger charge is 2.22. The quantitative estimate of drug-likeness (QED) is 0.565. The lowest BCUT2D eigenvalue weighted by Gasteiger charge is -2.29. The van der Waals surface area contributed by atoms with Crippen molar-refractivity contribution in [2.24, 2.45) is 0 Å². The normalized spacial score (nSPS) is 18.4. The van der Waals surface area contributed by atoms with Crippen molar-refractivity contribution in [1.29, 1.82) is 0 Å². The van der Waals surface area contributed by atoms with Crippen molar-refractivity contribution < 1.29 is 4.79 Å². The van der Waals surface area contributed by atoms with E-state index in [9.17, 15) is 4.79 Å². The van der Waals surface area contributed by atoms with Crippen molar-refractivity contribution in [1.82, 2.24) is 25.3 Å². The van der Waals surface area contributed by atoms with Gasteiger partial charge >= 0.3 is 0 Å². The number of carbonyl (C=O) groups is 1. The van der Waals surface area contributed by atoms with E-state index in [0.717, 1.165) is 36.9 Å². The van der Waals surface area contributed by atoms with Crippen molar-refractivity contribution in [2.45, 2.75) is 44.7 Å². The molecule has 30 heavy (non-hydrogen) atoms. The Morgan fingerprint density at radius 1 is 1.13 bits per heavy atom.